The molecule has 0 amide bonds. The smallest absolute Gasteiger partial charge is 0.197 e. The van der Waals surface area contributed by atoms with Gasteiger partial charge >= 0.3 is 0 Å². The molecule has 2 heterocycles. The van der Waals surface area contributed by atoms with Gasteiger partial charge in [-0.1, -0.05) is 29.8 Å². The van der Waals surface area contributed by atoms with Crippen LogP contribution in [0.25, 0.3) is 5.70 Å². The van der Waals surface area contributed by atoms with Crippen LogP contribution in [0.3, 0.4) is 0 Å². The number of allylic oxidation sites excluding steroid dienone is 1. The van der Waals surface area contributed by atoms with Gasteiger partial charge in [0, 0.05) is 11.8 Å². The Bertz CT molecular complexity index is 769. The fourth-order valence-electron chi connectivity index (χ4n) is 2.01. The summed E-state index contributed by atoms with van der Waals surface area (Å²) in [5.74, 6) is 0.0259. The minimum Gasteiger partial charge on any atom is -0.354 e. The molecule has 4 heteroatoms. The number of carbonyl (C=O) groups excluding carboxylic acids is 1. The molecular weight excluding hydrogens is 310 g/mol. The van der Waals surface area contributed by atoms with Crippen molar-refractivity contribution in [2.45, 2.75) is 6.92 Å². The van der Waals surface area contributed by atoms with Crippen LogP contribution >= 0.6 is 22.7 Å². The van der Waals surface area contributed by atoms with Gasteiger partial charge in [0.1, 0.15) is 0 Å². The highest BCUT2D eigenvalue weighted by molar-refractivity contribution is 7.12. The van der Waals surface area contributed by atoms with E-state index in [1.165, 1.54) is 16.9 Å². The minimum atomic E-state index is 0.0259. The van der Waals surface area contributed by atoms with E-state index in [1.807, 2.05) is 47.2 Å². The zero-order valence-corrected chi connectivity index (χ0v) is 13.7. The maximum absolute atomic E-state index is 12.4. The van der Waals surface area contributed by atoms with Crippen LogP contribution in [-0.2, 0) is 0 Å². The van der Waals surface area contributed by atoms with Gasteiger partial charge in [-0.3, -0.25) is 4.79 Å². The van der Waals surface area contributed by atoms with Gasteiger partial charge in [-0.05, 0) is 41.9 Å². The molecular formula is C18H15NOS2. The highest BCUT2D eigenvalue weighted by Gasteiger charge is 2.09. The van der Waals surface area contributed by atoms with Crippen LogP contribution in [0, 0.1) is 6.92 Å². The molecule has 1 aromatic carbocycles. The molecule has 3 aromatic rings. The summed E-state index contributed by atoms with van der Waals surface area (Å²) in [6.07, 6.45) is 1.68. The maximum Gasteiger partial charge on any atom is 0.197 e. The number of rotatable bonds is 5. The number of benzene rings is 1. The van der Waals surface area contributed by atoms with Crippen molar-refractivity contribution in [2.24, 2.45) is 0 Å². The number of hydrogen-bond acceptors (Lipinski definition) is 4. The van der Waals surface area contributed by atoms with E-state index in [4.69, 9.17) is 0 Å². The summed E-state index contributed by atoms with van der Waals surface area (Å²) in [7, 11) is 0. The zero-order chi connectivity index (χ0) is 15.4. The monoisotopic (exact) mass is 325 g/mol. The van der Waals surface area contributed by atoms with Crippen molar-refractivity contribution in [1.82, 2.24) is 0 Å². The van der Waals surface area contributed by atoms with Gasteiger partial charge in [0.15, 0.2) is 5.78 Å². The highest BCUT2D eigenvalue weighted by atomic mass is 32.1. The molecule has 3 rings (SSSR count). The Hall–Kier alpha value is -2.17. The SMILES string of the molecule is Cc1ccc(N/C(=C\C(=O)c2cccs2)c2cccs2)cc1. The molecule has 0 bridgehead atoms. The van der Waals surface area contributed by atoms with E-state index in [9.17, 15) is 4.79 Å². The first-order chi connectivity index (χ1) is 10.7. The molecule has 22 heavy (non-hydrogen) atoms. The molecule has 0 atom stereocenters. The van der Waals surface area contributed by atoms with E-state index in [2.05, 4.69) is 24.4 Å². The van der Waals surface area contributed by atoms with Crippen molar-refractivity contribution in [2.75, 3.05) is 5.32 Å². The second-order valence-electron chi connectivity index (χ2n) is 4.87. The Morgan fingerprint density at radius 2 is 1.59 bits per heavy atom. The fraction of sp³-hybridized carbons (Fsp3) is 0.0556. The number of nitrogens with one attached hydrogen (secondary N) is 1. The largest absolute Gasteiger partial charge is 0.354 e. The second-order valence-corrected chi connectivity index (χ2v) is 6.76. The second kappa shape index (κ2) is 6.73. The molecule has 110 valence electrons. The number of ketones is 1. The Morgan fingerprint density at radius 1 is 0.955 bits per heavy atom. The van der Waals surface area contributed by atoms with Crippen LogP contribution in [0.15, 0.2) is 65.4 Å². The lowest BCUT2D eigenvalue weighted by molar-refractivity contribution is 0.105. The van der Waals surface area contributed by atoms with Crippen molar-refractivity contribution >= 4 is 39.8 Å². The van der Waals surface area contributed by atoms with Crippen LogP contribution in [0.4, 0.5) is 5.69 Å². The Balaban J connectivity index is 1.90. The number of thiophene rings is 2. The minimum absolute atomic E-state index is 0.0259. The lowest BCUT2D eigenvalue weighted by atomic mass is 10.2. The average Bonchev–Trinajstić information content (AvgIpc) is 3.22. The van der Waals surface area contributed by atoms with Gasteiger partial charge in [0.2, 0.25) is 0 Å². The van der Waals surface area contributed by atoms with Crippen molar-refractivity contribution < 1.29 is 4.79 Å². The quantitative estimate of drug-likeness (QED) is 0.499. The van der Waals surface area contributed by atoms with Crippen LogP contribution in [0.2, 0.25) is 0 Å². The lowest BCUT2D eigenvalue weighted by Crippen LogP contribution is -2.01. The van der Waals surface area contributed by atoms with Gasteiger partial charge < -0.3 is 5.32 Å². The first-order valence-electron chi connectivity index (χ1n) is 6.89. The first-order valence-corrected chi connectivity index (χ1v) is 8.65. The van der Waals surface area contributed by atoms with E-state index >= 15 is 0 Å². The van der Waals surface area contributed by atoms with E-state index < -0.39 is 0 Å². The summed E-state index contributed by atoms with van der Waals surface area (Å²) in [6, 6.07) is 15.9. The predicted molar refractivity (Wildman–Crippen MR) is 95.7 cm³/mol. The van der Waals surface area contributed by atoms with E-state index in [0.717, 1.165) is 21.1 Å². The molecule has 0 aliphatic heterocycles. The number of hydrogen-bond donors (Lipinski definition) is 1. The number of anilines is 1. The number of aryl methyl sites for hydroxylation is 1. The summed E-state index contributed by atoms with van der Waals surface area (Å²) < 4.78 is 0. The Morgan fingerprint density at radius 3 is 2.18 bits per heavy atom. The zero-order valence-electron chi connectivity index (χ0n) is 12.1. The van der Waals surface area contributed by atoms with Gasteiger partial charge in [-0.2, -0.15) is 0 Å². The molecule has 0 fully saturated rings. The normalized spacial score (nSPS) is 11.4. The third kappa shape index (κ3) is 3.53. The van der Waals surface area contributed by atoms with Gasteiger partial charge in [0.05, 0.1) is 15.5 Å². The first kappa shape index (κ1) is 14.8. The molecule has 0 radical (unpaired) electrons. The molecule has 2 nitrogen and oxygen atoms in total. The lowest BCUT2D eigenvalue weighted by Gasteiger charge is -2.09. The molecule has 0 aliphatic rings. The number of carbonyl (C=O) groups is 1. The van der Waals surface area contributed by atoms with E-state index in [0.29, 0.717) is 0 Å². The van der Waals surface area contributed by atoms with Crippen molar-refractivity contribution in [3.63, 3.8) is 0 Å². The Labute approximate surface area is 137 Å². The van der Waals surface area contributed by atoms with Crippen LogP contribution < -0.4 is 5.32 Å². The maximum atomic E-state index is 12.4. The van der Waals surface area contributed by atoms with Crippen LogP contribution in [-0.4, -0.2) is 5.78 Å². The molecule has 0 saturated heterocycles. The summed E-state index contributed by atoms with van der Waals surface area (Å²) >= 11 is 3.07. The molecule has 0 saturated carbocycles. The summed E-state index contributed by atoms with van der Waals surface area (Å²) in [4.78, 5) is 14.2. The fourth-order valence-corrected chi connectivity index (χ4v) is 3.35. The third-order valence-corrected chi connectivity index (χ3v) is 4.94. The molecule has 1 N–H and O–H groups in total. The van der Waals surface area contributed by atoms with E-state index in [-0.39, 0.29) is 5.78 Å². The Kier molecular flexibility index (Phi) is 4.51. The summed E-state index contributed by atoms with van der Waals surface area (Å²) in [6.45, 7) is 2.06. The average molecular weight is 325 g/mol. The topological polar surface area (TPSA) is 29.1 Å². The van der Waals surface area contributed by atoms with Gasteiger partial charge in [-0.15, -0.1) is 22.7 Å². The predicted octanol–water partition coefficient (Wildman–Crippen LogP) is 5.45. The molecule has 2 aromatic heterocycles. The van der Waals surface area contributed by atoms with Crippen molar-refractivity contribution in [3.8, 4) is 0 Å². The standard InChI is InChI=1S/C18H15NOS2/c1-13-6-8-14(9-7-13)19-15(17-4-2-10-21-17)12-16(20)18-5-3-11-22-18/h2-12,19H,1H3/b15-12-. The van der Waals surface area contributed by atoms with Crippen LogP contribution in [0.5, 0.6) is 0 Å². The van der Waals surface area contributed by atoms with Crippen molar-refractivity contribution in [3.05, 3.63) is 80.7 Å². The van der Waals surface area contributed by atoms with E-state index in [1.54, 1.807) is 17.4 Å². The molecule has 0 unspecified atom stereocenters. The highest BCUT2D eigenvalue weighted by Crippen LogP contribution is 2.24. The molecule has 0 spiro atoms. The van der Waals surface area contributed by atoms with Gasteiger partial charge in [-0.25, -0.2) is 0 Å². The summed E-state index contributed by atoms with van der Waals surface area (Å²) in [5.41, 5.74) is 3.02. The molecule has 0 aliphatic carbocycles. The summed E-state index contributed by atoms with van der Waals surface area (Å²) in [5, 5.41) is 7.28. The van der Waals surface area contributed by atoms with Crippen molar-refractivity contribution in [1.29, 1.82) is 0 Å². The third-order valence-electron chi connectivity index (χ3n) is 3.16. The van der Waals surface area contributed by atoms with Gasteiger partial charge in [0.25, 0.3) is 0 Å². The van der Waals surface area contributed by atoms with Crippen LogP contribution in [0.1, 0.15) is 20.1 Å².